The highest BCUT2D eigenvalue weighted by atomic mass is 15.4. The second kappa shape index (κ2) is 5.70. The minimum absolute atomic E-state index is 0.455. The molecule has 0 fully saturated rings. The number of nitrogens with zero attached hydrogens (tertiary/aromatic N) is 7. The average Bonchev–Trinajstić information content (AvgIpc) is 3.16. The molecular formula is C13H16N8. The van der Waals surface area contributed by atoms with Gasteiger partial charge in [0.05, 0.1) is 5.69 Å². The number of hydrogen-bond acceptors (Lipinski definition) is 6. The van der Waals surface area contributed by atoms with Gasteiger partial charge in [0.25, 0.3) is 11.9 Å². The molecular weight excluding hydrogens is 268 g/mol. The van der Waals surface area contributed by atoms with E-state index in [1.54, 1.807) is 21.8 Å². The van der Waals surface area contributed by atoms with Gasteiger partial charge in [-0.3, -0.25) is 0 Å². The van der Waals surface area contributed by atoms with E-state index in [1.165, 1.54) is 0 Å². The maximum absolute atomic E-state index is 4.41. The Kier molecular flexibility index (Phi) is 3.59. The molecule has 0 aliphatic heterocycles. The van der Waals surface area contributed by atoms with Crippen LogP contribution in [0.5, 0.6) is 0 Å². The van der Waals surface area contributed by atoms with E-state index >= 15 is 0 Å². The van der Waals surface area contributed by atoms with Crippen LogP contribution < -0.4 is 5.32 Å². The van der Waals surface area contributed by atoms with Gasteiger partial charge in [-0.15, -0.1) is 0 Å². The zero-order valence-corrected chi connectivity index (χ0v) is 11.9. The Labute approximate surface area is 121 Å². The van der Waals surface area contributed by atoms with Crippen molar-refractivity contribution in [1.29, 1.82) is 0 Å². The second-order valence-corrected chi connectivity index (χ2v) is 4.54. The van der Waals surface area contributed by atoms with Crippen LogP contribution in [0.15, 0.2) is 30.7 Å². The standard InChI is InChI=1S/C13H16N8/c1-3-6-14-11-16-12(20-8-4-7-15-20)18-13(17-11)21-9-5-10(2)19-21/h4-5,7-9H,3,6H2,1-2H3,(H,14,16,17,18). The van der Waals surface area contributed by atoms with Crippen molar-refractivity contribution in [3.05, 3.63) is 36.4 Å². The molecule has 0 radical (unpaired) electrons. The van der Waals surface area contributed by atoms with Crippen LogP contribution in [-0.4, -0.2) is 41.1 Å². The molecule has 3 aromatic heterocycles. The lowest BCUT2D eigenvalue weighted by Gasteiger charge is -2.08. The van der Waals surface area contributed by atoms with Gasteiger partial charge < -0.3 is 5.32 Å². The molecule has 3 aromatic rings. The molecule has 0 saturated carbocycles. The first-order valence-electron chi connectivity index (χ1n) is 6.79. The van der Waals surface area contributed by atoms with Crippen LogP contribution >= 0.6 is 0 Å². The number of anilines is 1. The predicted molar refractivity (Wildman–Crippen MR) is 77.6 cm³/mol. The molecule has 0 spiro atoms. The van der Waals surface area contributed by atoms with Gasteiger partial charge in [0.15, 0.2) is 0 Å². The first-order valence-corrected chi connectivity index (χ1v) is 6.79. The lowest BCUT2D eigenvalue weighted by Crippen LogP contribution is -2.13. The lowest BCUT2D eigenvalue weighted by molar-refractivity contribution is 0.740. The van der Waals surface area contributed by atoms with Gasteiger partial charge in [-0.1, -0.05) is 6.92 Å². The molecule has 0 aliphatic rings. The van der Waals surface area contributed by atoms with Gasteiger partial charge in [-0.25, -0.2) is 9.36 Å². The van der Waals surface area contributed by atoms with Crippen LogP contribution in [0.2, 0.25) is 0 Å². The van der Waals surface area contributed by atoms with E-state index in [0.717, 1.165) is 18.7 Å². The molecule has 1 N–H and O–H groups in total. The zero-order valence-electron chi connectivity index (χ0n) is 11.9. The summed E-state index contributed by atoms with van der Waals surface area (Å²) in [7, 11) is 0. The van der Waals surface area contributed by atoms with Gasteiger partial charge in [-0.2, -0.15) is 25.1 Å². The van der Waals surface area contributed by atoms with Crippen LogP contribution in [0.3, 0.4) is 0 Å². The van der Waals surface area contributed by atoms with Crippen molar-refractivity contribution >= 4 is 5.95 Å². The minimum atomic E-state index is 0.455. The first kappa shape index (κ1) is 13.2. The first-order chi connectivity index (χ1) is 10.3. The van der Waals surface area contributed by atoms with E-state index in [2.05, 4.69) is 37.4 Å². The van der Waals surface area contributed by atoms with Crippen molar-refractivity contribution in [1.82, 2.24) is 34.5 Å². The Morgan fingerprint density at radius 2 is 1.90 bits per heavy atom. The number of nitrogens with one attached hydrogen (secondary N) is 1. The van der Waals surface area contributed by atoms with Gasteiger partial charge in [0.1, 0.15) is 0 Å². The van der Waals surface area contributed by atoms with E-state index in [0.29, 0.717) is 17.8 Å². The summed E-state index contributed by atoms with van der Waals surface area (Å²) in [4.78, 5) is 13.2. The molecule has 0 saturated heterocycles. The van der Waals surface area contributed by atoms with Crippen LogP contribution in [0, 0.1) is 6.92 Å². The summed E-state index contributed by atoms with van der Waals surface area (Å²) in [6, 6.07) is 3.72. The third-order valence-corrected chi connectivity index (χ3v) is 2.78. The Balaban J connectivity index is 2.04. The number of aryl methyl sites for hydroxylation is 1. The van der Waals surface area contributed by atoms with Crippen molar-refractivity contribution in [2.75, 3.05) is 11.9 Å². The van der Waals surface area contributed by atoms with Gasteiger partial charge in [0, 0.05) is 25.1 Å². The largest absolute Gasteiger partial charge is 0.354 e. The number of aromatic nitrogens is 7. The minimum Gasteiger partial charge on any atom is -0.354 e. The van der Waals surface area contributed by atoms with Crippen LogP contribution in [0.4, 0.5) is 5.95 Å². The Morgan fingerprint density at radius 3 is 2.52 bits per heavy atom. The molecule has 0 unspecified atom stereocenters. The van der Waals surface area contributed by atoms with Crippen molar-refractivity contribution in [3.8, 4) is 11.9 Å². The maximum Gasteiger partial charge on any atom is 0.257 e. The molecule has 0 aliphatic carbocycles. The van der Waals surface area contributed by atoms with E-state index in [1.807, 2.05) is 25.3 Å². The fraction of sp³-hybridized carbons (Fsp3) is 0.308. The molecule has 0 bridgehead atoms. The van der Waals surface area contributed by atoms with Crippen molar-refractivity contribution < 1.29 is 0 Å². The Bertz CT molecular complexity index is 716. The Morgan fingerprint density at radius 1 is 1.10 bits per heavy atom. The van der Waals surface area contributed by atoms with Crippen LogP contribution in [0.25, 0.3) is 11.9 Å². The van der Waals surface area contributed by atoms with Gasteiger partial charge in [-0.05, 0) is 25.5 Å². The molecule has 0 amide bonds. The summed E-state index contributed by atoms with van der Waals surface area (Å²) >= 11 is 0. The topological polar surface area (TPSA) is 86.3 Å². The second-order valence-electron chi connectivity index (χ2n) is 4.54. The highest BCUT2D eigenvalue weighted by molar-refractivity contribution is 5.32. The molecule has 8 nitrogen and oxygen atoms in total. The number of rotatable bonds is 5. The van der Waals surface area contributed by atoms with Crippen LogP contribution in [-0.2, 0) is 0 Å². The molecule has 0 atom stereocenters. The predicted octanol–water partition coefficient (Wildman–Crippen LogP) is 1.37. The zero-order chi connectivity index (χ0) is 14.7. The normalized spacial score (nSPS) is 10.8. The third kappa shape index (κ3) is 2.88. The number of hydrogen-bond donors (Lipinski definition) is 1. The lowest BCUT2D eigenvalue weighted by atomic mass is 10.5. The fourth-order valence-electron chi connectivity index (χ4n) is 1.79. The van der Waals surface area contributed by atoms with E-state index in [-0.39, 0.29) is 0 Å². The highest BCUT2D eigenvalue weighted by Crippen LogP contribution is 2.09. The monoisotopic (exact) mass is 284 g/mol. The third-order valence-electron chi connectivity index (χ3n) is 2.78. The fourth-order valence-corrected chi connectivity index (χ4v) is 1.79. The molecule has 0 aromatic carbocycles. The maximum atomic E-state index is 4.41. The molecule has 3 rings (SSSR count). The average molecular weight is 284 g/mol. The van der Waals surface area contributed by atoms with E-state index in [9.17, 15) is 0 Å². The summed E-state index contributed by atoms with van der Waals surface area (Å²) in [5, 5.41) is 11.7. The van der Waals surface area contributed by atoms with Crippen molar-refractivity contribution in [2.24, 2.45) is 0 Å². The van der Waals surface area contributed by atoms with E-state index < -0.39 is 0 Å². The van der Waals surface area contributed by atoms with Crippen molar-refractivity contribution in [2.45, 2.75) is 20.3 Å². The smallest absolute Gasteiger partial charge is 0.257 e. The SMILES string of the molecule is CCCNc1nc(-n2cccn2)nc(-n2ccc(C)n2)n1. The summed E-state index contributed by atoms with van der Waals surface area (Å²) in [6.45, 7) is 4.79. The van der Waals surface area contributed by atoms with Crippen LogP contribution in [0.1, 0.15) is 19.0 Å². The molecule has 108 valence electrons. The van der Waals surface area contributed by atoms with E-state index in [4.69, 9.17) is 0 Å². The van der Waals surface area contributed by atoms with Gasteiger partial charge >= 0.3 is 0 Å². The summed E-state index contributed by atoms with van der Waals surface area (Å²) in [5.74, 6) is 1.43. The molecule has 21 heavy (non-hydrogen) atoms. The molecule has 3 heterocycles. The summed E-state index contributed by atoms with van der Waals surface area (Å²) < 4.78 is 3.22. The Hall–Kier alpha value is -2.77. The quantitative estimate of drug-likeness (QED) is 0.761. The molecule has 8 heteroatoms. The summed E-state index contributed by atoms with van der Waals surface area (Å²) in [5.41, 5.74) is 0.902. The van der Waals surface area contributed by atoms with Crippen molar-refractivity contribution in [3.63, 3.8) is 0 Å². The van der Waals surface area contributed by atoms with Gasteiger partial charge in [0.2, 0.25) is 5.95 Å². The summed E-state index contributed by atoms with van der Waals surface area (Å²) in [6.07, 6.45) is 6.28. The highest BCUT2D eigenvalue weighted by Gasteiger charge is 2.10.